The molecule has 0 radical (unpaired) electrons. The van der Waals surface area contributed by atoms with Crippen LogP contribution in [0, 0.1) is 6.92 Å². The van der Waals surface area contributed by atoms with Gasteiger partial charge in [-0.05, 0) is 18.7 Å². The summed E-state index contributed by atoms with van der Waals surface area (Å²) in [4.78, 5) is 10.9. The highest BCUT2D eigenvalue weighted by molar-refractivity contribution is 7.98. The maximum absolute atomic E-state index is 10.9. The second kappa shape index (κ2) is 9.97. The Morgan fingerprint density at radius 3 is 2.33 bits per heavy atom. The summed E-state index contributed by atoms with van der Waals surface area (Å²) in [5, 5.41) is 12.0. The average Bonchev–Trinajstić information content (AvgIpc) is 2.38. The van der Waals surface area contributed by atoms with Crippen molar-refractivity contribution in [1.82, 2.24) is 5.32 Å². The molecule has 0 aliphatic heterocycles. The Kier molecular flexibility index (Phi) is 9.42. The summed E-state index contributed by atoms with van der Waals surface area (Å²) in [6.45, 7) is 6.63. The monoisotopic (exact) mass is 269 g/mol. The Bertz CT molecular complexity index is 338. The first-order valence-corrected chi connectivity index (χ1v) is 7.53. The third-order valence-electron chi connectivity index (χ3n) is 2.30. The first-order valence-electron chi connectivity index (χ1n) is 6.14. The lowest BCUT2D eigenvalue weighted by atomic mass is 10.1. The molecule has 0 fully saturated rings. The Labute approximate surface area is 114 Å². The molecular weight excluding hydrogens is 246 g/mol. The fourth-order valence-corrected chi connectivity index (χ4v) is 1.92. The van der Waals surface area contributed by atoms with Gasteiger partial charge in [0.2, 0.25) is 0 Å². The molecule has 1 unspecified atom stereocenters. The van der Waals surface area contributed by atoms with E-state index in [9.17, 15) is 4.79 Å². The normalized spacial score (nSPS) is 11.3. The fourth-order valence-electron chi connectivity index (χ4n) is 1.33. The maximum atomic E-state index is 10.9. The zero-order chi connectivity index (χ0) is 14.0. The molecule has 0 saturated carbocycles. The molecule has 102 valence electrons. The van der Waals surface area contributed by atoms with E-state index in [4.69, 9.17) is 5.11 Å². The zero-order valence-electron chi connectivity index (χ0n) is 11.6. The maximum Gasteiger partial charge on any atom is 0.321 e. The molecule has 0 bridgehead atoms. The highest BCUT2D eigenvalue weighted by atomic mass is 32.2. The SMILES string of the molecule is CC.CSCC(NCc1ccc(C)cc1)C(=O)O. The van der Waals surface area contributed by atoms with E-state index >= 15 is 0 Å². The van der Waals surface area contributed by atoms with E-state index < -0.39 is 12.0 Å². The quantitative estimate of drug-likeness (QED) is 0.833. The van der Waals surface area contributed by atoms with Gasteiger partial charge in [-0.25, -0.2) is 0 Å². The van der Waals surface area contributed by atoms with Gasteiger partial charge in [-0.1, -0.05) is 43.7 Å². The molecule has 1 rings (SSSR count). The van der Waals surface area contributed by atoms with E-state index in [0.717, 1.165) is 5.56 Å². The van der Waals surface area contributed by atoms with Crippen molar-refractivity contribution in [1.29, 1.82) is 0 Å². The van der Waals surface area contributed by atoms with E-state index in [1.165, 1.54) is 17.3 Å². The van der Waals surface area contributed by atoms with Crippen LogP contribution in [0.3, 0.4) is 0 Å². The van der Waals surface area contributed by atoms with Gasteiger partial charge in [-0.15, -0.1) is 0 Å². The highest BCUT2D eigenvalue weighted by Gasteiger charge is 2.15. The Morgan fingerprint density at radius 1 is 1.33 bits per heavy atom. The summed E-state index contributed by atoms with van der Waals surface area (Å²) in [5.41, 5.74) is 2.32. The number of thioether (sulfide) groups is 1. The first kappa shape index (κ1) is 17.0. The average molecular weight is 269 g/mol. The lowest BCUT2D eigenvalue weighted by Crippen LogP contribution is -2.38. The second-order valence-corrected chi connectivity index (χ2v) is 4.62. The zero-order valence-corrected chi connectivity index (χ0v) is 12.4. The highest BCUT2D eigenvalue weighted by Crippen LogP contribution is 2.04. The molecule has 1 aromatic rings. The number of aryl methyl sites for hydroxylation is 1. The van der Waals surface area contributed by atoms with Crippen molar-refractivity contribution in [2.45, 2.75) is 33.4 Å². The predicted octanol–water partition coefficient (Wildman–Crippen LogP) is 2.93. The number of carboxylic acid groups (broad SMARTS) is 1. The minimum Gasteiger partial charge on any atom is -0.480 e. The Balaban J connectivity index is 0.00000137. The number of nitrogens with one attached hydrogen (secondary N) is 1. The summed E-state index contributed by atoms with van der Waals surface area (Å²) >= 11 is 1.53. The summed E-state index contributed by atoms with van der Waals surface area (Å²) in [5.74, 6) is -0.206. The molecule has 0 heterocycles. The number of hydrogen-bond acceptors (Lipinski definition) is 3. The van der Waals surface area contributed by atoms with E-state index in [0.29, 0.717) is 12.3 Å². The number of carbonyl (C=O) groups is 1. The molecule has 1 aromatic carbocycles. The number of rotatable bonds is 6. The number of hydrogen-bond donors (Lipinski definition) is 2. The molecule has 0 amide bonds. The summed E-state index contributed by atoms with van der Waals surface area (Å²) < 4.78 is 0. The molecule has 0 aliphatic carbocycles. The minimum atomic E-state index is -0.790. The van der Waals surface area contributed by atoms with Crippen LogP contribution in [-0.2, 0) is 11.3 Å². The van der Waals surface area contributed by atoms with Crippen LogP contribution in [0.2, 0.25) is 0 Å². The third-order valence-corrected chi connectivity index (χ3v) is 2.97. The van der Waals surface area contributed by atoms with E-state index in [2.05, 4.69) is 5.32 Å². The van der Waals surface area contributed by atoms with E-state index in [1.807, 2.05) is 51.3 Å². The molecule has 18 heavy (non-hydrogen) atoms. The smallest absolute Gasteiger partial charge is 0.321 e. The van der Waals surface area contributed by atoms with Gasteiger partial charge in [-0.2, -0.15) is 11.8 Å². The Morgan fingerprint density at radius 2 is 1.89 bits per heavy atom. The first-order chi connectivity index (χ1) is 8.63. The molecule has 1 atom stereocenters. The summed E-state index contributed by atoms with van der Waals surface area (Å²) in [7, 11) is 0. The van der Waals surface area contributed by atoms with Crippen molar-refractivity contribution in [2.24, 2.45) is 0 Å². The molecule has 0 aliphatic rings. The number of carboxylic acids is 1. The van der Waals surface area contributed by atoms with Crippen LogP contribution in [0.25, 0.3) is 0 Å². The van der Waals surface area contributed by atoms with Gasteiger partial charge in [0.15, 0.2) is 0 Å². The van der Waals surface area contributed by atoms with Crippen molar-refractivity contribution >= 4 is 17.7 Å². The van der Waals surface area contributed by atoms with Gasteiger partial charge in [0, 0.05) is 12.3 Å². The van der Waals surface area contributed by atoms with Crippen LogP contribution in [0.5, 0.6) is 0 Å². The van der Waals surface area contributed by atoms with Crippen molar-refractivity contribution in [3.05, 3.63) is 35.4 Å². The molecule has 0 saturated heterocycles. The van der Waals surface area contributed by atoms with E-state index in [-0.39, 0.29) is 0 Å². The van der Waals surface area contributed by atoms with Crippen molar-refractivity contribution in [3.63, 3.8) is 0 Å². The molecule has 0 aromatic heterocycles. The van der Waals surface area contributed by atoms with Crippen molar-refractivity contribution < 1.29 is 9.90 Å². The summed E-state index contributed by atoms with van der Waals surface area (Å²) in [6, 6.07) is 7.61. The van der Waals surface area contributed by atoms with Crippen LogP contribution in [0.1, 0.15) is 25.0 Å². The van der Waals surface area contributed by atoms with Gasteiger partial charge < -0.3 is 5.11 Å². The van der Waals surface area contributed by atoms with Gasteiger partial charge in [0.1, 0.15) is 6.04 Å². The molecule has 4 heteroatoms. The molecule has 0 spiro atoms. The standard InChI is InChI=1S/C12H17NO2S.C2H6/c1-9-3-5-10(6-4-9)7-13-11(8-16-2)12(14)15;1-2/h3-6,11,13H,7-8H2,1-2H3,(H,14,15);1-2H3. The van der Waals surface area contributed by atoms with Gasteiger partial charge in [0.25, 0.3) is 0 Å². The van der Waals surface area contributed by atoms with Crippen LogP contribution >= 0.6 is 11.8 Å². The lowest BCUT2D eigenvalue weighted by molar-refractivity contribution is -0.138. The van der Waals surface area contributed by atoms with Gasteiger partial charge >= 0.3 is 5.97 Å². The predicted molar refractivity (Wildman–Crippen MR) is 79.2 cm³/mol. The lowest BCUT2D eigenvalue weighted by Gasteiger charge is -2.13. The molecular formula is C14H23NO2S. The van der Waals surface area contributed by atoms with Crippen LogP contribution in [0.4, 0.5) is 0 Å². The van der Waals surface area contributed by atoms with Crippen LogP contribution in [-0.4, -0.2) is 29.1 Å². The van der Waals surface area contributed by atoms with Gasteiger partial charge in [0.05, 0.1) is 0 Å². The van der Waals surface area contributed by atoms with Crippen molar-refractivity contribution in [2.75, 3.05) is 12.0 Å². The molecule has 3 nitrogen and oxygen atoms in total. The largest absolute Gasteiger partial charge is 0.480 e. The Hall–Kier alpha value is -1.00. The fraction of sp³-hybridized carbons (Fsp3) is 0.500. The van der Waals surface area contributed by atoms with E-state index in [1.54, 1.807) is 0 Å². The molecule has 2 N–H and O–H groups in total. The summed E-state index contributed by atoms with van der Waals surface area (Å²) in [6.07, 6.45) is 1.91. The van der Waals surface area contributed by atoms with Crippen molar-refractivity contribution in [3.8, 4) is 0 Å². The number of aliphatic carboxylic acids is 1. The minimum absolute atomic E-state index is 0.476. The van der Waals surface area contributed by atoms with Crippen LogP contribution in [0.15, 0.2) is 24.3 Å². The third kappa shape index (κ3) is 6.67. The second-order valence-electron chi connectivity index (χ2n) is 3.71. The number of benzene rings is 1. The van der Waals surface area contributed by atoms with Gasteiger partial charge in [-0.3, -0.25) is 10.1 Å². The topological polar surface area (TPSA) is 49.3 Å². The van der Waals surface area contributed by atoms with Crippen LogP contribution < -0.4 is 5.32 Å².